The highest BCUT2D eigenvalue weighted by Gasteiger charge is 2.26. The van der Waals surface area contributed by atoms with Crippen LogP contribution in [-0.4, -0.2) is 42.1 Å². The second kappa shape index (κ2) is 7.52. The van der Waals surface area contributed by atoms with Crippen LogP contribution < -0.4 is 5.32 Å². The lowest BCUT2D eigenvalue weighted by Gasteiger charge is -2.33. The number of aliphatic hydroxyl groups is 1. The lowest BCUT2D eigenvalue weighted by atomic mass is 9.87. The third kappa shape index (κ3) is 4.51. The zero-order chi connectivity index (χ0) is 15.2. The van der Waals surface area contributed by atoms with Crippen LogP contribution in [0.3, 0.4) is 0 Å². The van der Waals surface area contributed by atoms with Gasteiger partial charge in [0.2, 0.25) is 5.91 Å². The summed E-state index contributed by atoms with van der Waals surface area (Å²) in [4.78, 5) is 13.7. The Morgan fingerprint density at radius 3 is 2.57 bits per heavy atom. The quantitative estimate of drug-likeness (QED) is 0.869. The number of halogens is 1. The van der Waals surface area contributed by atoms with Gasteiger partial charge in [-0.05, 0) is 56.5 Å². The average molecular weight is 294 g/mol. The molecular weight excluding hydrogens is 271 g/mol. The molecule has 1 heterocycles. The molecule has 1 atom stereocenters. The van der Waals surface area contributed by atoms with Crippen molar-refractivity contribution in [1.82, 2.24) is 10.2 Å². The highest BCUT2D eigenvalue weighted by Crippen LogP contribution is 2.30. The van der Waals surface area contributed by atoms with Crippen LogP contribution in [0.2, 0.25) is 0 Å². The van der Waals surface area contributed by atoms with Crippen molar-refractivity contribution in [1.29, 1.82) is 0 Å². The van der Waals surface area contributed by atoms with E-state index in [0.717, 1.165) is 31.5 Å². The lowest BCUT2D eigenvalue weighted by Crippen LogP contribution is -2.42. The highest BCUT2D eigenvalue weighted by molar-refractivity contribution is 5.77. The number of hydrogen-bond acceptors (Lipinski definition) is 3. The smallest absolute Gasteiger partial charge is 0.234 e. The van der Waals surface area contributed by atoms with Gasteiger partial charge in [0.1, 0.15) is 5.82 Å². The number of likely N-dealkylation sites (tertiary alicyclic amines) is 1. The van der Waals surface area contributed by atoms with Gasteiger partial charge in [0.25, 0.3) is 0 Å². The maximum Gasteiger partial charge on any atom is 0.234 e. The Balaban J connectivity index is 1.83. The van der Waals surface area contributed by atoms with Crippen molar-refractivity contribution in [3.05, 3.63) is 35.6 Å². The zero-order valence-electron chi connectivity index (χ0n) is 12.4. The van der Waals surface area contributed by atoms with E-state index < -0.39 is 6.10 Å². The van der Waals surface area contributed by atoms with Gasteiger partial charge in [-0.1, -0.05) is 12.1 Å². The first-order valence-corrected chi connectivity index (χ1v) is 7.52. The molecule has 1 fully saturated rings. The van der Waals surface area contributed by atoms with E-state index in [1.54, 1.807) is 12.1 Å². The normalized spacial score (nSPS) is 18.4. The van der Waals surface area contributed by atoms with Crippen LogP contribution in [0, 0.1) is 11.7 Å². The average Bonchev–Trinajstić information content (AvgIpc) is 2.48. The minimum atomic E-state index is -0.558. The molecule has 21 heavy (non-hydrogen) atoms. The molecule has 0 aromatic heterocycles. The largest absolute Gasteiger partial charge is 0.388 e. The number of carbonyl (C=O) groups excluding carboxylic acids is 1. The first-order chi connectivity index (χ1) is 10.1. The molecule has 0 saturated carbocycles. The molecular formula is C16H23FN2O2. The summed E-state index contributed by atoms with van der Waals surface area (Å²) in [5, 5.41) is 13.2. The van der Waals surface area contributed by atoms with Crippen molar-refractivity contribution in [3.63, 3.8) is 0 Å². The number of rotatable bonds is 5. The second-order valence-electron chi connectivity index (χ2n) is 5.56. The van der Waals surface area contributed by atoms with Gasteiger partial charge in [0.05, 0.1) is 12.6 Å². The summed E-state index contributed by atoms with van der Waals surface area (Å²) in [6.45, 7) is 4.59. The summed E-state index contributed by atoms with van der Waals surface area (Å²) >= 11 is 0. The highest BCUT2D eigenvalue weighted by atomic mass is 19.1. The maximum absolute atomic E-state index is 12.9. The van der Waals surface area contributed by atoms with Gasteiger partial charge in [-0.3, -0.25) is 9.69 Å². The number of likely N-dealkylation sites (N-methyl/N-ethyl adjacent to an activating group) is 1. The molecule has 1 aliphatic heterocycles. The Morgan fingerprint density at radius 2 is 2.00 bits per heavy atom. The van der Waals surface area contributed by atoms with Crippen LogP contribution >= 0.6 is 0 Å². The van der Waals surface area contributed by atoms with E-state index in [4.69, 9.17) is 0 Å². The lowest BCUT2D eigenvalue weighted by molar-refractivity contribution is -0.122. The van der Waals surface area contributed by atoms with Crippen molar-refractivity contribution >= 4 is 5.91 Å². The topological polar surface area (TPSA) is 52.6 Å². The molecule has 1 unspecified atom stereocenters. The minimum absolute atomic E-state index is 0.0510. The van der Waals surface area contributed by atoms with Crippen molar-refractivity contribution in [2.24, 2.45) is 5.92 Å². The summed E-state index contributed by atoms with van der Waals surface area (Å²) < 4.78 is 12.9. The minimum Gasteiger partial charge on any atom is -0.388 e. The third-order valence-electron chi connectivity index (χ3n) is 4.03. The fourth-order valence-corrected chi connectivity index (χ4v) is 2.82. The number of benzene rings is 1. The van der Waals surface area contributed by atoms with Crippen LogP contribution in [0.1, 0.15) is 31.4 Å². The van der Waals surface area contributed by atoms with Crippen molar-refractivity contribution in [2.75, 3.05) is 26.2 Å². The summed E-state index contributed by atoms with van der Waals surface area (Å²) in [5.41, 5.74) is 0.763. The Bertz CT molecular complexity index is 456. The fraction of sp³-hybridized carbons (Fsp3) is 0.562. The van der Waals surface area contributed by atoms with E-state index in [9.17, 15) is 14.3 Å². The standard InChI is InChI=1S/C16H23FN2O2/c1-2-18-15(20)11-19-9-7-13(8-10-19)16(21)12-3-5-14(17)6-4-12/h3-6,13,16,21H,2,7-11H2,1H3,(H,18,20). The molecule has 0 bridgehead atoms. The molecule has 1 saturated heterocycles. The predicted octanol–water partition coefficient (Wildman–Crippen LogP) is 1.71. The number of amides is 1. The molecule has 5 heteroatoms. The second-order valence-corrected chi connectivity index (χ2v) is 5.56. The molecule has 4 nitrogen and oxygen atoms in total. The summed E-state index contributed by atoms with van der Waals surface area (Å²) in [5.74, 6) is -0.0707. The van der Waals surface area contributed by atoms with Crippen molar-refractivity contribution in [2.45, 2.75) is 25.9 Å². The van der Waals surface area contributed by atoms with E-state index in [0.29, 0.717) is 13.1 Å². The van der Waals surface area contributed by atoms with Crippen LogP contribution in [0.5, 0.6) is 0 Å². The molecule has 1 aliphatic rings. The van der Waals surface area contributed by atoms with E-state index in [-0.39, 0.29) is 17.6 Å². The first kappa shape index (κ1) is 15.9. The number of carbonyl (C=O) groups is 1. The number of nitrogens with one attached hydrogen (secondary N) is 1. The SMILES string of the molecule is CCNC(=O)CN1CCC(C(O)c2ccc(F)cc2)CC1. The van der Waals surface area contributed by atoms with E-state index in [1.165, 1.54) is 12.1 Å². The van der Waals surface area contributed by atoms with E-state index in [2.05, 4.69) is 10.2 Å². The van der Waals surface area contributed by atoms with Crippen molar-refractivity contribution < 1.29 is 14.3 Å². The summed E-state index contributed by atoms with van der Waals surface area (Å²) in [6.07, 6.45) is 1.13. The third-order valence-corrected chi connectivity index (χ3v) is 4.03. The number of aliphatic hydroxyl groups excluding tert-OH is 1. The van der Waals surface area contributed by atoms with Gasteiger partial charge >= 0.3 is 0 Å². The van der Waals surface area contributed by atoms with Crippen LogP contribution in [0.25, 0.3) is 0 Å². The van der Waals surface area contributed by atoms with Crippen LogP contribution in [0.4, 0.5) is 4.39 Å². The predicted molar refractivity (Wildman–Crippen MR) is 79.2 cm³/mol. The summed E-state index contributed by atoms with van der Waals surface area (Å²) in [7, 11) is 0. The monoisotopic (exact) mass is 294 g/mol. The van der Waals surface area contributed by atoms with Gasteiger partial charge < -0.3 is 10.4 Å². The number of hydrogen-bond donors (Lipinski definition) is 2. The van der Waals surface area contributed by atoms with Crippen LogP contribution in [0.15, 0.2) is 24.3 Å². The van der Waals surface area contributed by atoms with E-state index >= 15 is 0 Å². The Kier molecular flexibility index (Phi) is 5.70. The van der Waals surface area contributed by atoms with Gasteiger partial charge in [-0.15, -0.1) is 0 Å². The molecule has 0 aliphatic carbocycles. The Hall–Kier alpha value is -1.46. The maximum atomic E-state index is 12.9. The molecule has 1 amide bonds. The molecule has 1 aromatic rings. The molecule has 1 aromatic carbocycles. The molecule has 0 radical (unpaired) electrons. The van der Waals surface area contributed by atoms with Gasteiger partial charge in [0, 0.05) is 6.54 Å². The van der Waals surface area contributed by atoms with Gasteiger partial charge in [0.15, 0.2) is 0 Å². The van der Waals surface area contributed by atoms with Crippen molar-refractivity contribution in [3.8, 4) is 0 Å². The Morgan fingerprint density at radius 1 is 1.38 bits per heavy atom. The summed E-state index contributed by atoms with van der Waals surface area (Å²) in [6, 6.07) is 6.04. The molecule has 2 rings (SSSR count). The molecule has 2 N–H and O–H groups in total. The van der Waals surface area contributed by atoms with Crippen LogP contribution in [-0.2, 0) is 4.79 Å². The molecule has 116 valence electrons. The number of nitrogens with zero attached hydrogens (tertiary/aromatic N) is 1. The zero-order valence-corrected chi connectivity index (χ0v) is 12.4. The van der Waals surface area contributed by atoms with E-state index in [1.807, 2.05) is 6.92 Å². The van der Waals surface area contributed by atoms with Gasteiger partial charge in [-0.25, -0.2) is 4.39 Å². The number of piperidine rings is 1. The Labute approximate surface area is 125 Å². The molecule has 0 spiro atoms. The first-order valence-electron chi connectivity index (χ1n) is 7.52. The van der Waals surface area contributed by atoms with Gasteiger partial charge in [-0.2, -0.15) is 0 Å². The fourth-order valence-electron chi connectivity index (χ4n) is 2.82.